The second-order valence-corrected chi connectivity index (χ2v) is 6.08. The average molecular weight is 365 g/mol. The molecule has 0 aromatic heterocycles. The van der Waals surface area contributed by atoms with Gasteiger partial charge in [-0.15, -0.1) is 0 Å². The van der Waals surface area contributed by atoms with Crippen LogP contribution < -0.4 is 19.5 Å². The zero-order chi connectivity index (χ0) is 19.2. The molecule has 1 amide bonds. The minimum absolute atomic E-state index is 0.210. The van der Waals surface area contributed by atoms with Crippen molar-refractivity contribution in [2.24, 2.45) is 0 Å². The van der Waals surface area contributed by atoms with Crippen LogP contribution in [0.3, 0.4) is 0 Å². The summed E-state index contributed by atoms with van der Waals surface area (Å²) in [7, 11) is 3.13. The van der Waals surface area contributed by atoms with Crippen molar-refractivity contribution >= 4 is 22.4 Å². The Balaban J connectivity index is 1.73. The zero-order valence-electron chi connectivity index (χ0n) is 15.7. The molecule has 0 aliphatic rings. The van der Waals surface area contributed by atoms with E-state index in [1.54, 1.807) is 32.4 Å². The van der Waals surface area contributed by atoms with Crippen molar-refractivity contribution in [3.63, 3.8) is 0 Å². The number of rotatable bonds is 7. The highest BCUT2D eigenvalue weighted by atomic mass is 16.5. The van der Waals surface area contributed by atoms with Gasteiger partial charge >= 0.3 is 0 Å². The fourth-order valence-corrected chi connectivity index (χ4v) is 2.86. The van der Waals surface area contributed by atoms with Gasteiger partial charge in [0.2, 0.25) is 0 Å². The van der Waals surface area contributed by atoms with Crippen LogP contribution in [0, 0.1) is 0 Å². The predicted molar refractivity (Wildman–Crippen MR) is 107 cm³/mol. The molecule has 0 aliphatic heterocycles. The first-order chi connectivity index (χ1) is 13.1. The molecule has 0 bridgehead atoms. The van der Waals surface area contributed by atoms with Crippen LogP contribution in [0.4, 0.5) is 5.69 Å². The molecule has 0 fully saturated rings. The minimum Gasteiger partial charge on any atom is -0.493 e. The number of hydrogen-bond acceptors (Lipinski definition) is 4. The van der Waals surface area contributed by atoms with E-state index < -0.39 is 6.10 Å². The van der Waals surface area contributed by atoms with Gasteiger partial charge in [0, 0.05) is 11.8 Å². The number of fused-ring (bicyclic) bond motifs is 1. The van der Waals surface area contributed by atoms with Crippen LogP contribution in [0.2, 0.25) is 0 Å². The summed E-state index contributed by atoms with van der Waals surface area (Å²) in [6.07, 6.45) is -0.0503. The maximum absolute atomic E-state index is 12.7. The van der Waals surface area contributed by atoms with Crippen LogP contribution >= 0.6 is 0 Å². The number of carbonyl (C=O) groups excluding carboxylic acids is 1. The third kappa shape index (κ3) is 4.31. The van der Waals surface area contributed by atoms with Crippen molar-refractivity contribution in [3.05, 3.63) is 60.7 Å². The SMILES string of the molecule is CC[C@H](Oc1ccc2ccccc2c1)C(=O)Nc1ccc(OC)c(OC)c1. The number of amides is 1. The van der Waals surface area contributed by atoms with Crippen molar-refractivity contribution in [1.82, 2.24) is 0 Å². The molecule has 3 rings (SSSR count). The molecule has 1 atom stereocenters. The number of hydrogen-bond donors (Lipinski definition) is 1. The summed E-state index contributed by atoms with van der Waals surface area (Å²) in [5, 5.41) is 5.08. The van der Waals surface area contributed by atoms with Crippen LogP contribution in [-0.2, 0) is 4.79 Å². The lowest BCUT2D eigenvalue weighted by atomic mass is 10.1. The monoisotopic (exact) mass is 365 g/mol. The number of anilines is 1. The van der Waals surface area contributed by atoms with Crippen LogP contribution in [-0.4, -0.2) is 26.2 Å². The summed E-state index contributed by atoms with van der Waals surface area (Å²) >= 11 is 0. The normalized spacial score (nSPS) is 11.7. The van der Waals surface area contributed by atoms with E-state index in [4.69, 9.17) is 14.2 Å². The van der Waals surface area contributed by atoms with Crippen molar-refractivity contribution in [2.75, 3.05) is 19.5 Å². The van der Waals surface area contributed by atoms with E-state index >= 15 is 0 Å². The van der Waals surface area contributed by atoms with Gasteiger partial charge in [-0.3, -0.25) is 4.79 Å². The standard InChI is InChI=1S/C22H23NO4/c1-4-19(27-18-11-9-15-7-5-6-8-16(15)13-18)22(24)23-17-10-12-20(25-2)21(14-17)26-3/h5-14,19H,4H2,1-3H3,(H,23,24)/t19-/m0/s1. The summed E-state index contributed by atoms with van der Waals surface area (Å²) in [6, 6.07) is 19.1. The molecular formula is C22H23NO4. The van der Waals surface area contributed by atoms with Crippen molar-refractivity contribution < 1.29 is 19.0 Å². The fraction of sp³-hybridized carbons (Fsp3) is 0.227. The Hall–Kier alpha value is -3.21. The number of methoxy groups -OCH3 is 2. The molecule has 0 spiro atoms. The Morgan fingerprint density at radius 1 is 0.926 bits per heavy atom. The van der Waals surface area contributed by atoms with Gasteiger partial charge in [-0.05, 0) is 41.5 Å². The van der Waals surface area contributed by atoms with Crippen molar-refractivity contribution in [3.8, 4) is 17.2 Å². The largest absolute Gasteiger partial charge is 0.493 e. The van der Waals surface area contributed by atoms with Crippen LogP contribution in [0.25, 0.3) is 10.8 Å². The Morgan fingerprint density at radius 3 is 2.37 bits per heavy atom. The Morgan fingerprint density at radius 2 is 1.67 bits per heavy atom. The average Bonchev–Trinajstić information content (AvgIpc) is 2.71. The lowest BCUT2D eigenvalue weighted by Crippen LogP contribution is -2.32. The number of benzene rings is 3. The molecule has 0 saturated carbocycles. The second-order valence-electron chi connectivity index (χ2n) is 6.08. The molecule has 0 aliphatic carbocycles. The second kappa shape index (κ2) is 8.45. The van der Waals surface area contributed by atoms with Gasteiger partial charge in [0.25, 0.3) is 5.91 Å². The highest BCUT2D eigenvalue weighted by Crippen LogP contribution is 2.30. The van der Waals surface area contributed by atoms with Gasteiger partial charge < -0.3 is 19.5 Å². The first kappa shape index (κ1) is 18.6. The van der Waals surface area contributed by atoms with Crippen molar-refractivity contribution in [1.29, 1.82) is 0 Å². The Kier molecular flexibility index (Phi) is 5.81. The van der Waals surface area contributed by atoms with E-state index in [-0.39, 0.29) is 5.91 Å². The fourth-order valence-electron chi connectivity index (χ4n) is 2.86. The highest BCUT2D eigenvalue weighted by molar-refractivity contribution is 5.94. The zero-order valence-corrected chi connectivity index (χ0v) is 15.7. The van der Waals surface area contributed by atoms with E-state index in [2.05, 4.69) is 5.32 Å². The topological polar surface area (TPSA) is 56.8 Å². The van der Waals surface area contributed by atoms with Gasteiger partial charge in [-0.2, -0.15) is 0 Å². The molecule has 5 heteroatoms. The van der Waals surface area contributed by atoms with E-state index in [9.17, 15) is 4.79 Å². The molecule has 0 heterocycles. The third-order valence-corrected chi connectivity index (χ3v) is 4.31. The molecule has 140 valence electrons. The quantitative estimate of drug-likeness (QED) is 0.662. The van der Waals surface area contributed by atoms with Gasteiger partial charge in [-0.25, -0.2) is 0 Å². The molecule has 5 nitrogen and oxygen atoms in total. The number of carbonyl (C=O) groups is 1. The summed E-state index contributed by atoms with van der Waals surface area (Å²) in [4.78, 5) is 12.7. The molecule has 3 aromatic rings. The molecule has 0 saturated heterocycles. The Bertz CT molecular complexity index is 938. The van der Waals surface area contributed by atoms with Crippen molar-refractivity contribution in [2.45, 2.75) is 19.4 Å². The third-order valence-electron chi connectivity index (χ3n) is 4.31. The lowest BCUT2D eigenvalue weighted by molar-refractivity contribution is -0.122. The van der Waals surface area contributed by atoms with E-state index in [0.717, 1.165) is 10.8 Å². The maximum Gasteiger partial charge on any atom is 0.265 e. The molecule has 1 N–H and O–H groups in total. The molecule has 27 heavy (non-hydrogen) atoms. The van der Waals surface area contributed by atoms with E-state index in [0.29, 0.717) is 29.4 Å². The molecular weight excluding hydrogens is 342 g/mol. The summed E-state index contributed by atoms with van der Waals surface area (Å²) in [6.45, 7) is 1.92. The first-order valence-corrected chi connectivity index (χ1v) is 8.83. The van der Waals surface area contributed by atoms with Gasteiger partial charge in [0.15, 0.2) is 17.6 Å². The molecule has 0 radical (unpaired) electrons. The van der Waals surface area contributed by atoms with Crippen LogP contribution in [0.15, 0.2) is 60.7 Å². The summed E-state index contributed by atoms with van der Waals surface area (Å²) < 4.78 is 16.4. The van der Waals surface area contributed by atoms with Gasteiger partial charge in [0.05, 0.1) is 14.2 Å². The predicted octanol–water partition coefficient (Wildman–Crippen LogP) is 4.65. The van der Waals surface area contributed by atoms with Gasteiger partial charge in [0.1, 0.15) is 5.75 Å². The smallest absolute Gasteiger partial charge is 0.265 e. The summed E-state index contributed by atoms with van der Waals surface area (Å²) in [5.74, 6) is 1.62. The number of ether oxygens (including phenoxy) is 3. The number of nitrogens with one attached hydrogen (secondary N) is 1. The highest BCUT2D eigenvalue weighted by Gasteiger charge is 2.19. The lowest BCUT2D eigenvalue weighted by Gasteiger charge is -2.18. The van der Waals surface area contributed by atoms with E-state index in [1.807, 2.05) is 49.4 Å². The first-order valence-electron chi connectivity index (χ1n) is 8.83. The molecule has 0 unspecified atom stereocenters. The molecule has 3 aromatic carbocycles. The van der Waals surface area contributed by atoms with E-state index in [1.165, 1.54) is 0 Å². The Labute approximate surface area is 158 Å². The summed E-state index contributed by atoms with van der Waals surface area (Å²) in [5.41, 5.74) is 0.623. The van der Waals surface area contributed by atoms with Crippen LogP contribution in [0.5, 0.6) is 17.2 Å². The maximum atomic E-state index is 12.7. The minimum atomic E-state index is -0.598. The van der Waals surface area contributed by atoms with Crippen LogP contribution in [0.1, 0.15) is 13.3 Å². The van der Waals surface area contributed by atoms with Gasteiger partial charge in [-0.1, -0.05) is 37.3 Å².